The van der Waals surface area contributed by atoms with Gasteiger partial charge in [0.05, 0.1) is 12.7 Å². The Bertz CT molecular complexity index is 190. The van der Waals surface area contributed by atoms with E-state index >= 15 is 0 Å². The first-order valence-corrected chi connectivity index (χ1v) is 7.07. The van der Waals surface area contributed by atoms with E-state index in [-0.39, 0.29) is 0 Å². The van der Waals surface area contributed by atoms with E-state index in [9.17, 15) is 0 Å². The maximum absolute atomic E-state index is 5.84. The molecule has 1 aliphatic heterocycles. The molecule has 0 radical (unpaired) electrons. The molecule has 0 aliphatic carbocycles. The van der Waals surface area contributed by atoms with E-state index in [1.165, 1.54) is 0 Å². The molecule has 1 fully saturated rings. The molecule has 0 amide bonds. The first-order valence-electron chi connectivity index (χ1n) is 7.07. The Labute approximate surface area is 106 Å². The van der Waals surface area contributed by atoms with Crippen molar-refractivity contribution >= 4 is 0 Å². The van der Waals surface area contributed by atoms with E-state index in [1.807, 2.05) is 0 Å². The molecular formula is C13H29N3O. The van der Waals surface area contributed by atoms with Crippen LogP contribution >= 0.6 is 0 Å². The van der Waals surface area contributed by atoms with Crippen LogP contribution in [0.4, 0.5) is 0 Å². The predicted octanol–water partition coefficient (Wildman–Crippen LogP) is 0.639. The Balaban J connectivity index is 2.24. The second kappa shape index (κ2) is 8.86. The molecule has 1 saturated heterocycles. The van der Waals surface area contributed by atoms with Crippen LogP contribution in [0.1, 0.15) is 20.8 Å². The van der Waals surface area contributed by atoms with Crippen LogP contribution in [0, 0.1) is 0 Å². The molecule has 102 valence electrons. The quantitative estimate of drug-likeness (QED) is 0.633. The molecule has 4 heteroatoms. The van der Waals surface area contributed by atoms with Crippen molar-refractivity contribution in [3.63, 3.8) is 0 Å². The molecule has 1 atom stereocenters. The lowest BCUT2D eigenvalue weighted by molar-refractivity contribution is -0.0410. The van der Waals surface area contributed by atoms with E-state index in [0.29, 0.717) is 6.10 Å². The van der Waals surface area contributed by atoms with Crippen molar-refractivity contribution in [2.24, 2.45) is 0 Å². The van der Waals surface area contributed by atoms with Crippen molar-refractivity contribution in [1.29, 1.82) is 0 Å². The normalized spacial score (nSPS) is 22.2. The predicted molar refractivity (Wildman–Crippen MR) is 72.5 cm³/mol. The van der Waals surface area contributed by atoms with E-state index < -0.39 is 0 Å². The summed E-state index contributed by atoms with van der Waals surface area (Å²) in [5.74, 6) is 0. The SMILES string of the molecule is CCNCCN(CC)CC1CN(CC)CCO1. The standard InChI is InChI=1S/C13H29N3O/c1-4-14-7-8-15(5-2)11-13-12-16(6-3)9-10-17-13/h13-14H,4-12H2,1-3H3. The van der Waals surface area contributed by atoms with Crippen LogP contribution in [-0.2, 0) is 4.74 Å². The van der Waals surface area contributed by atoms with Crippen molar-refractivity contribution in [2.45, 2.75) is 26.9 Å². The lowest BCUT2D eigenvalue weighted by atomic mass is 10.2. The van der Waals surface area contributed by atoms with Crippen molar-refractivity contribution < 1.29 is 4.74 Å². The van der Waals surface area contributed by atoms with Gasteiger partial charge in [-0.1, -0.05) is 20.8 Å². The zero-order chi connectivity index (χ0) is 12.5. The highest BCUT2D eigenvalue weighted by molar-refractivity contribution is 4.74. The number of hydrogen-bond acceptors (Lipinski definition) is 4. The van der Waals surface area contributed by atoms with Crippen LogP contribution in [0.25, 0.3) is 0 Å². The number of hydrogen-bond donors (Lipinski definition) is 1. The number of nitrogens with zero attached hydrogens (tertiary/aromatic N) is 2. The van der Waals surface area contributed by atoms with Gasteiger partial charge in [-0.15, -0.1) is 0 Å². The molecule has 0 aromatic heterocycles. The van der Waals surface area contributed by atoms with Gasteiger partial charge in [-0.3, -0.25) is 9.80 Å². The Morgan fingerprint density at radius 3 is 2.82 bits per heavy atom. The molecule has 0 aromatic rings. The summed E-state index contributed by atoms with van der Waals surface area (Å²) in [6, 6.07) is 0. The Morgan fingerprint density at radius 2 is 2.18 bits per heavy atom. The first kappa shape index (κ1) is 14.9. The molecular weight excluding hydrogens is 214 g/mol. The van der Waals surface area contributed by atoms with Crippen molar-refractivity contribution in [3.05, 3.63) is 0 Å². The van der Waals surface area contributed by atoms with Crippen LogP contribution in [0.2, 0.25) is 0 Å². The lowest BCUT2D eigenvalue weighted by Crippen LogP contribution is -2.48. The molecule has 0 spiro atoms. The van der Waals surface area contributed by atoms with Gasteiger partial charge in [-0.25, -0.2) is 0 Å². The highest BCUT2D eigenvalue weighted by Crippen LogP contribution is 2.06. The van der Waals surface area contributed by atoms with Gasteiger partial charge < -0.3 is 10.1 Å². The number of nitrogens with one attached hydrogen (secondary N) is 1. The summed E-state index contributed by atoms with van der Waals surface area (Å²) in [5, 5.41) is 3.38. The van der Waals surface area contributed by atoms with Gasteiger partial charge in [0.15, 0.2) is 0 Å². The molecule has 17 heavy (non-hydrogen) atoms. The number of rotatable bonds is 8. The minimum absolute atomic E-state index is 0.394. The smallest absolute Gasteiger partial charge is 0.0829 e. The van der Waals surface area contributed by atoms with Gasteiger partial charge in [0.2, 0.25) is 0 Å². The lowest BCUT2D eigenvalue weighted by Gasteiger charge is -2.35. The summed E-state index contributed by atoms with van der Waals surface area (Å²) in [6.45, 7) is 16.3. The minimum Gasteiger partial charge on any atom is -0.374 e. The first-order chi connectivity index (χ1) is 8.30. The average Bonchev–Trinajstić information content (AvgIpc) is 2.38. The maximum Gasteiger partial charge on any atom is 0.0829 e. The molecule has 0 bridgehead atoms. The third kappa shape index (κ3) is 5.82. The molecule has 1 rings (SSSR count). The van der Waals surface area contributed by atoms with E-state index in [4.69, 9.17) is 4.74 Å². The summed E-state index contributed by atoms with van der Waals surface area (Å²) in [4.78, 5) is 4.96. The van der Waals surface area contributed by atoms with Gasteiger partial charge in [0.25, 0.3) is 0 Å². The second-order valence-corrected chi connectivity index (χ2v) is 4.63. The topological polar surface area (TPSA) is 27.7 Å². The molecule has 0 saturated carbocycles. The molecule has 0 aromatic carbocycles. The monoisotopic (exact) mass is 243 g/mol. The van der Waals surface area contributed by atoms with E-state index in [1.54, 1.807) is 0 Å². The Kier molecular flexibility index (Phi) is 7.77. The van der Waals surface area contributed by atoms with Crippen LogP contribution in [0.5, 0.6) is 0 Å². The number of morpholine rings is 1. The minimum atomic E-state index is 0.394. The fourth-order valence-electron chi connectivity index (χ4n) is 2.26. The maximum atomic E-state index is 5.84. The highest BCUT2D eigenvalue weighted by Gasteiger charge is 2.20. The largest absolute Gasteiger partial charge is 0.374 e. The van der Waals surface area contributed by atoms with E-state index in [2.05, 4.69) is 35.9 Å². The summed E-state index contributed by atoms with van der Waals surface area (Å²) >= 11 is 0. The van der Waals surface area contributed by atoms with Crippen LogP contribution in [0.15, 0.2) is 0 Å². The van der Waals surface area contributed by atoms with Gasteiger partial charge in [-0.2, -0.15) is 0 Å². The second-order valence-electron chi connectivity index (χ2n) is 4.63. The molecule has 1 aliphatic rings. The summed E-state index contributed by atoms with van der Waals surface area (Å²) < 4.78 is 5.84. The number of likely N-dealkylation sites (N-methyl/N-ethyl adjacent to an activating group) is 3. The van der Waals surface area contributed by atoms with Gasteiger partial charge in [-0.05, 0) is 19.6 Å². The fraction of sp³-hybridized carbons (Fsp3) is 1.00. The van der Waals surface area contributed by atoms with E-state index in [0.717, 1.165) is 59.0 Å². The number of ether oxygens (including phenoxy) is 1. The van der Waals surface area contributed by atoms with Crippen LogP contribution in [0.3, 0.4) is 0 Å². The Hall–Kier alpha value is -0.160. The van der Waals surface area contributed by atoms with Gasteiger partial charge >= 0.3 is 0 Å². The fourth-order valence-corrected chi connectivity index (χ4v) is 2.26. The van der Waals surface area contributed by atoms with Crippen molar-refractivity contribution in [3.8, 4) is 0 Å². The molecule has 1 N–H and O–H groups in total. The highest BCUT2D eigenvalue weighted by atomic mass is 16.5. The summed E-state index contributed by atoms with van der Waals surface area (Å²) in [6.07, 6.45) is 0.394. The van der Waals surface area contributed by atoms with Crippen molar-refractivity contribution in [2.75, 3.05) is 59.0 Å². The summed E-state index contributed by atoms with van der Waals surface area (Å²) in [7, 11) is 0. The Morgan fingerprint density at radius 1 is 1.35 bits per heavy atom. The van der Waals surface area contributed by atoms with Crippen LogP contribution < -0.4 is 5.32 Å². The van der Waals surface area contributed by atoms with Crippen LogP contribution in [-0.4, -0.2) is 74.9 Å². The average molecular weight is 243 g/mol. The zero-order valence-electron chi connectivity index (χ0n) is 11.7. The third-order valence-corrected chi connectivity index (χ3v) is 3.43. The summed E-state index contributed by atoms with van der Waals surface area (Å²) in [5.41, 5.74) is 0. The molecule has 1 heterocycles. The molecule has 1 unspecified atom stereocenters. The van der Waals surface area contributed by atoms with Gasteiger partial charge in [0, 0.05) is 32.7 Å². The zero-order valence-corrected chi connectivity index (χ0v) is 11.7. The molecule has 4 nitrogen and oxygen atoms in total. The van der Waals surface area contributed by atoms with Gasteiger partial charge in [0.1, 0.15) is 0 Å². The third-order valence-electron chi connectivity index (χ3n) is 3.43. The van der Waals surface area contributed by atoms with Crippen molar-refractivity contribution in [1.82, 2.24) is 15.1 Å².